The second-order valence-electron chi connectivity index (χ2n) is 7.02. The molecule has 0 spiro atoms. The average molecular weight is 282 g/mol. The van der Waals surface area contributed by atoms with Gasteiger partial charge in [0.1, 0.15) is 0 Å². The summed E-state index contributed by atoms with van der Waals surface area (Å²) in [5, 5.41) is 13.2. The Hall–Kier alpha value is -0.120. The average Bonchev–Trinajstić information content (AvgIpc) is 2.90. The van der Waals surface area contributed by atoms with Crippen LogP contribution >= 0.6 is 0 Å². The van der Waals surface area contributed by atoms with Crippen molar-refractivity contribution in [2.45, 2.75) is 63.8 Å². The maximum absolute atomic E-state index is 9.74. The Morgan fingerprint density at radius 1 is 1.20 bits per heavy atom. The first-order chi connectivity index (χ1) is 9.74. The Balaban J connectivity index is 1.73. The molecule has 0 amide bonds. The molecular formula is C17H34N2O. The van der Waals surface area contributed by atoms with Gasteiger partial charge in [-0.15, -0.1) is 0 Å². The fraction of sp³-hybridized carbons (Fsp3) is 1.00. The fourth-order valence-electron chi connectivity index (χ4n) is 4.43. The van der Waals surface area contributed by atoms with Crippen molar-refractivity contribution < 1.29 is 5.11 Å². The van der Waals surface area contributed by atoms with E-state index in [0.29, 0.717) is 12.5 Å². The minimum absolute atomic E-state index is 0.0144. The Bertz CT molecular complexity index is 270. The summed E-state index contributed by atoms with van der Waals surface area (Å²) in [5.74, 6) is 1.64. The summed E-state index contributed by atoms with van der Waals surface area (Å²) >= 11 is 0. The van der Waals surface area contributed by atoms with Crippen LogP contribution in [0.1, 0.15) is 58.3 Å². The molecule has 1 saturated heterocycles. The summed E-state index contributed by atoms with van der Waals surface area (Å²) in [5.41, 5.74) is 0.0144. The molecule has 3 nitrogen and oxygen atoms in total. The number of hydrogen-bond donors (Lipinski definition) is 2. The van der Waals surface area contributed by atoms with Crippen LogP contribution in [0.2, 0.25) is 0 Å². The molecular weight excluding hydrogens is 248 g/mol. The minimum atomic E-state index is 0.0144. The van der Waals surface area contributed by atoms with E-state index in [-0.39, 0.29) is 5.54 Å². The lowest BCUT2D eigenvalue weighted by Gasteiger charge is -2.36. The molecule has 1 aliphatic heterocycles. The number of likely N-dealkylation sites (tertiary alicyclic amines) is 1. The van der Waals surface area contributed by atoms with Gasteiger partial charge in [-0.25, -0.2) is 0 Å². The van der Waals surface area contributed by atoms with Gasteiger partial charge in [-0.2, -0.15) is 0 Å². The summed E-state index contributed by atoms with van der Waals surface area (Å²) in [6.45, 7) is 6.42. The summed E-state index contributed by atoms with van der Waals surface area (Å²) in [6.07, 6.45) is 10.5. The summed E-state index contributed by atoms with van der Waals surface area (Å²) < 4.78 is 0. The Labute approximate surface area is 125 Å². The first-order valence-electron chi connectivity index (χ1n) is 8.76. The molecule has 0 bridgehead atoms. The molecule has 2 rings (SSSR count). The number of aliphatic hydroxyl groups excluding tert-OH is 1. The van der Waals surface area contributed by atoms with Crippen molar-refractivity contribution in [2.24, 2.45) is 11.8 Å². The molecule has 2 unspecified atom stereocenters. The highest BCUT2D eigenvalue weighted by molar-refractivity contribution is 4.98. The molecule has 20 heavy (non-hydrogen) atoms. The Morgan fingerprint density at radius 2 is 1.95 bits per heavy atom. The second-order valence-corrected chi connectivity index (χ2v) is 7.02. The molecule has 0 aromatic carbocycles. The van der Waals surface area contributed by atoms with Gasteiger partial charge in [-0.05, 0) is 70.6 Å². The molecule has 0 aromatic rings. The van der Waals surface area contributed by atoms with Crippen molar-refractivity contribution in [3.05, 3.63) is 0 Å². The van der Waals surface area contributed by atoms with Crippen molar-refractivity contribution >= 4 is 0 Å². The van der Waals surface area contributed by atoms with Gasteiger partial charge in [0.05, 0.1) is 6.61 Å². The van der Waals surface area contributed by atoms with E-state index in [0.717, 1.165) is 12.3 Å². The van der Waals surface area contributed by atoms with Gasteiger partial charge in [0.25, 0.3) is 0 Å². The maximum atomic E-state index is 9.74. The highest BCUT2D eigenvalue weighted by Gasteiger charge is 2.40. The smallest absolute Gasteiger partial charge is 0.0615 e. The SMILES string of the molecule is CCCC1CCN(CCC2CCCC2(CO)NC)CC1. The van der Waals surface area contributed by atoms with Crippen LogP contribution in [-0.4, -0.2) is 48.8 Å². The molecule has 0 radical (unpaired) electrons. The van der Waals surface area contributed by atoms with E-state index in [9.17, 15) is 5.11 Å². The third-order valence-electron chi connectivity index (χ3n) is 5.93. The highest BCUT2D eigenvalue weighted by Crippen LogP contribution is 2.37. The van der Waals surface area contributed by atoms with Gasteiger partial charge in [0, 0.05) is 5.54 Å². The third kappa shape index (κ3) is 3.75. The summed E-state index contributed by atoms with van der Waals surface area (Å²) in [6, 6.07) is 0. The molecule has 1 saturated carbocycles. The van der Waals surface area contributed by atoms with Gasteiger partial charge in [-0.3, -0.25) is 0 Å². The van der Waals surface area contributed by atoms with Gasteiger partial charge in [0.2, 0.25) is 0 Å². The van der Waals surface area contributed by atoms with E-state index in [2.05, 4.69) is 17.1 Å². The molecule has 1 heterocycles. The Kier molecular flexibility index (Phi) is 6.31. The van der Waals surface area contributed by atoms with E-state index in [4.69, 9.17) is 0 Å². The number of rotatable bonds is 7. The maximum Gasteiger partial charge on any atom is 0.0615 e. The van der Waals surface area contributed by atoms with Crippen molar-refractivity contribution in [3.8, 4) is 0 Å². The lowest BCUT2D eigenvalue weighted by molar-refractivity contribution is 0.110. The molecule has 2 N–H and O–H groups in total. The monoisotopic (exact) mass is 282 g/mol. The van der Waals surface area contributed by atoms with Crippen molar-refractivity contribution in [3.63, 3.8) is 0 Å². The molecule has 118 valence electrons. The summed E-state index contributed by atoms with van der Waals surface area (Å²) in [7, 11) is 2.02. The highest BCUT2D eigenvalue weighted by atomic mass is 16.3. The third-order valence-corrected chi connectivity index (χ3v) is 5.93. The Morgan fingerprint density at radius 3 is 2.55 bits per heavy atom. The van der Waals surface area contributed by atoms with Gasteiger partial charge >= 0.3 is 0 Å². The number of hydrogen-bond acceptors (Lipinski definition) is 3. The van der Waals surface area contributed by atoms with Crippen LogP contribution in [-0.2, 0) is 0 Å². The first-order valence-corrected chi connectivity index (χ1v) is 8.76. The van der Waals surface area contributed by atoms with Crippen molar-refractivity contribution in [1.29, 1.82) is 0 Å². The van der Waals surface area contributed by atoms with Gasteiger partial charge in [0.15, 0.2) is 0 Å². The molecule has 2 aliphatic rings. The van der Waals surface area contributed by atoms with Crippen LogP contribution in [0.15, 0.2) is 0 Å². The zero-order valence-electron chi connectivity index (χ0n) is 13.5. The zero-order valence-corrected chi connectivity index (χ0v) is 13.5. The van der Waals surface area contributed by atoms with Gasteiger partial charge < -0.3 is 15.3 Å². The first kappa shape index (κ1) is 16.3. The van der Waals surface area contributed by atoms with Crippen LogP contribution in [0.3, 0.4) is 0 Å². The predicted octanol–water partition coefficient (Wildman–Crippen LogP) is 2.64. The molecule has 2 atom stereocenters. The molecule has 0 aromatic heterocycles. The second kappa shape index (κ2) is 7.77. The normalized spacial score (nSPS) is 32.9. The van der Waals surface area contributed by atoms with Crippen molar-refractivity contribution in [1.82, 2.24) is 10.2 Å². The van der Waals surface area contributed by atoms with Crippen molar-refractivity contribution in [2.75, 3.05) is 33.3 Å². The quantitative estimate of drug-likeness (QED) is 0.753. The van der Waals surface area contributed by atoms with Crippen LogP contribution in [0.25, 0.3) is 0 Å². The van der Waals surface area contributed by atoms with E-state index in [1.165, 1.54) is 64.6 Å². The van der Waals surface area contributed by atoms with E-state index >= 15 is 0 Å². The van der Waals surface area contributed by atoms with Crippen LogP contribution in [0, 0.1) is 11.8 Å². The standard InChI is InChI=1S/C17H34N2O/c1-3-5-15-7-11-19(12-8-15)13-9-16-6-4-10-17(16,14-20)18-2/h15-16,18,20H,3-14H2,1-2H3. The minimum Gasteiger partial charge on any atom is -0.394 e. The molecule has 2 fully saturated rings. The number of likely N-dealkylation sites (N-methyl/N-ethyl adjacent to an activating group) is 1. The number of piperidine rings is 1. The van der Waals surface area contributed by atoms with Crippen LogP contribution in [0.4, 0.5) is 0 Å². The van der Waals surface area contributed by atoms with Crippen LogP contribution < -0.4 is 5.32 Å². The number of nitrogens with one attached hydrogen (secondary N) is 1. The number of aliphatic hydroxyl groups is 1. The topological polar surface area (TPSA) is 35.5 Å². The largest absolute Gasteiger partial charge is 0.394 e. The molecule has 3 heteroatoms. The lowest BCUT2D eigenvalue weighted by Crippen LogP contribution is -2.50. The van der Waals surface area contributed by atoms with Crippen LogP contribution in [0.5, 0.6) is 0 Å². The lowest BCUT2D eigenvalue weighted by atomic mass is 9.85. The van der Waals surface area contributed by atoms with E-state index in [1.807, 2.05) is 7.05 Å². The fourth-order valence-corrected chi connectivity index (χ4v) is 4.43. The van der Waals surface area contributed by atoms with E-state index < -0.39 is 0 Å². The van der Waals surface area contributed by atoms with Gasteiger partial charge in [-0.1, -0.05) is 26.2 Å². The summed E-state index contributed by atoms with van der Waals surface area (Å²) in [4.78, 5) is 2.66. The molecule has 1 aliphatic carbocycles. The predicted molar refractivity (Wildman–Crippen MR) is 84.9 cm³/mol. The number of nitrogens with zero attached hydrogens (tertiary/aromatic N) is 1. The van der Waals surface area contributed by atoms with E-state index in [1.54, 1.807) is 0 Å². The zero-order chi connectivity index (χ0) is 14.4.